The lowest BCUT2D eigenvalue weighted by Crippen LogP contribution is -2.32. The van der Waals surface area contributed by atoms with E-state index in [1.807, 2.05) is 11.3 Å². The molecule has 1 unspecified atom stereocenters. The topological polar surface area (TPSA) is 12.0 Å². The fraction of sp³-hybridized carbons (Fsp3) is 0.333. The van der Waals surface area contributed by atoms with Crippen molar-refractivity contribution >= 4 is 43.2 Å². The smallest absolute Gasteiger partial charge is 0.0285 e. The lowest BCUT2D eigenvalue weighted by Gasteiger charge is -2.18. The molecule has 0 radical (unpaired) electrons. The lowest BCUT2D eigenvalue weighted by atomic mass is 10.0. The molecule has 1 heterocycles. The van der Waals surface area contributed by atoms with Gasteiger partial charge in [-0.2, -0.15) is 0 Å². The third-order valence-electron chi connectivity index (χ3n) is 2.99. The van der Waals surface area contributed by atoms with Crippen LogP contribution in [0.1, 0.15) is 17.4 Å². The van der Waals surface area contributed by atoms with Gasteiger partial charge < -0.3 is 5.32 Å². The summed E-state index contributed by atoms with van der Waals surface area (Å²) in [5, 5.41) is 5.74. The molecule has 1 nitrogen and oxygen atoms in total. The number of likely N-dealkylation sites (N-methyl/N-ethyl adjacent to an activating group) is 1. The average molecular weight is 403 g/mol. The molecule has 0 fully saturated rings. The number of thiophene rings is 1. The predicted octanol–water partition coefficient (Wildman–Crippen LogP) is 5.04. The Kier molecular flexibility index (Phi) is 6.07. The third kappa shape index (κ3) is 4.71. The minimum atomic E-state index is 0.481. The SMILES string of the molecule is CCNC(Cc1cc(Br)cs1)Cc1ccccc1Br. The summed E-state index contributed by atoms with van der Waals surface area (Å²) in [6.45, 7) is 3.17. The summed E-state index contributed by atoms with van der Waals surface area (Å²) in [5.74, 6) is 0. The first-order chi connectivity index (χ1) is 9.19. The van der Waals surface area contributed by atoms with Crippen LogP contribution in [0, 0.1) is 0 Å². The Hall–Kier alpha value is -0.160. The van der Waals surface area contributed by atoms with Crippen LogP contribution in [0.15, 0.2) is 44.7 Å². The van der Waals surface area contributed by atoms with E-state index in [4.69, 9.17) is 0 Å². The van der Waals surface area contributed by atoms with E-state index < -0.39 is 0 Å². The number of benzene rings is 1. The molecule has 102 valence electrons. The fourth-order valence-electron chi connectivity index (χ4n) is 2.14. The normalized spacial score (nSPS) is 12.6. The van der Waals surface area contributed by atoms with Crippen molar-refractivity contribution < 1.29 is 0 Å². The molecule has 2 aromatic rings. The molecule has 1 aromatic carbocycles. The van der Waals surface area contributed by atoms with Gasteiger partial charge in [0.25, 0.3) is 0 Å². The number of halogens is 2. The van der Waals surface area contributed by atoms with Crippen LogP contribution in [0.4, 0.5) is 0 Å². The first-order valence-corrected chi connectivity index (χ1v) is 8.85. The first-order valence-electron chi connectivity index (χ1n) is 6.38. The van der Waals surface area contributed by atoms with Crippen molar-refractivity contribution in [1.29, 1.82) is 0 Å². The average Bonchev–Trinajstić information content (AvgIpc) is 2.78. The summed E-state index contributed by atoms with van der Waals surface area (Å²) in [7, 11) is 0. The third-order valence-corrected chi connectivity index (χ3v) is 5.48. The Morgan fingerprint density at radius 3 is 2.63 bits per heavy atom. The highest BCUT2D eigenvalue weighted by molar-refractivity contribution is 9.10. The maximum absolute atomic E-state index is 3.63. The molecule has 0 saturated heterocycles. The van der Waals surface area contributed by atoms with Crippen molar-refractivity contribution in [3.8, 4) is 0 Å². The molecule has 19 heavy (non-hydrogen) atoms. The molecule has 0 bridgehead atoms. The van der Waals surface area contributed by atoms with Gasteiger partial charge in [-0.05, 0) is 53.0 Å². The fourth-order valence-corrected chi connectivity index (χ4v) is 4.12. The Bertz CT molecular complexity index is 524. The number of hydrogen-bond acceptors (Lipinski definition) is 2. The van der Waals surface area contributed by atoms with Gasteiger partial charge in [-0.1, -0.05) is 41.1 Å². The van der Waals surface area contributed by atoms with Gasteiger partial charge in [0.2, 0.25) is 0 Å². The van der Waals surface area contributed by atoms with Gasteiger partial charge in [-0.3, -0.25) is 0 Å². The molecule has 2 rings (SSSR count). The number of hydrogen-bond donors (Lipinski definition) is 1. The quantitative estimate of drug-likeness (QED) is 0.713. The molecule has 0 saturated carbocycles. The van der Waals surface area contributed by atoms with Crippen LogP contribution in [0.2, 0.25) is 0 Å². The highest BCUT2D eigenvalue weighted by Gasteiger charge is 2.12. The minimum Gasteiger partial charge on any atom is -0.314 e. The summed E-state index contributed by atoms with van der Waals surface area (Å²) < 4.78 is 2.38. The van der Waals surface area contributed by atoms with Crippen LogP contribution < -0.4 is 5.32 Å². The maximum Gasteiger partial charge on any atom is 0.0285 e. The van der Waals surface area contributed by atoms with E-state index in [1.165, 1.54) is 19.4 Å². The molecule has 0 amide bonds. The summed E-state index contributed by atoms with van der Waals surface area (Å²) in [6.07, 6.45) is 2.12. The van der Waals surface area contributed by atoms with Gasteiger partial charge in [0.1, 0.15) is 0 Å². The minimum absolute atomic E-state index is 0.481. The van der Waals surface area contributed by atoms with E-state index in [-0.39, 0.29) is 0 Å². The Morgan fingerprint density at radius 1 is 1.21 bits per heavy atom. The molecule has 0 aliphatic carbocycles. The largest absolute Gasteiger partial charge is 0.314 e. The second-order valence-electron chi connectivity index (χ2n) is 4.49. The predicted molar refractivity (Wildman–Crippen MR) is 91.0 cm³/mol. The second-order valence-corrected chi connectivity index (χ2v) is 7.25. The molecule has 4 heteroatoms. The number of nitrogens with one attached hydrogen (secondary N) is 1. The van der Waals surface area contributed by atoms with Crippen molar-refractivity contribution in [1.82, 2.24) is 5.32 Å². The molecular formula is C15H17Br2NS. The Morgan fingerprint density at radius 2 is 2.00 bits per heavy atom. The lowest BCUT2D eigenvalue weighted by molar-refractivity contribution is 0.524. The zero-order valence-electron chi connectivity index (χ0n) is 10.8. The van der Waals surface area contributed by atoms with E-state index in [2.05, 4.69) is 79.8 Å². The molecule has 0 spiro atoms. The summed E-state index contributed by atoms with van der Waals surface area (Å²) in [5.41, 5.74) is 1.36. The van der Waals surface area contributed by atoms with Crippen LogP contribution >= 0.6 is 43.2 Å². The van der Waals surface area contributed by atoms with Gasteiger partial charge in [0.15, 0.2) is 0 Å². The monoisotopic (exact) mass is 401 g/mol. The number of rotatable bonds is 6. The van der Waals surface area contributed by atoms with Crippen molar-refractivity contribution in [2.75, 3.05) is 6.54 Å². The van der Waals surface area contributed by atoms with Gasteiger partial charge >= 0.3 is 0 Å². The zero-order chi connectivity index (χ0) is 13.7. The summed E-state index contributed by atoms with van der Waals surface area (Å²) >= 11 is 8.97. The van der Waals surface area contributed by atoms with Gasteiger partial charge in [0, 0.05) is 25.2 Å². The highest BCUT2D eigenvalue weighted by atomic mass is 79.9. The van der Waals surface area contributed by atoms with Crippen molar-refractivity contribution in [2.24, 2.45) is 0 Å². The van der Waals surface area contributed by atoms with E-state index in [9.17, 15) is 0 Å². The highest BCUT2D eigenvalue weighted by Crippen LogP contribution is 2.23. The molecular weight excluding hydrogens is 386 g/mol. The second kappa shape index (κ2) is 7.58. The first kappa shape index (κ1) is 15.2. The van der Waals surface area contributed by atoms with E-state index in [1.54, 1.807) is 0 Å². The summed E-state index contributed by atoms with van der Waals surface area (Å²) in [4.78, 5) is 1.42. The van der Waals surface area contributed by atoms with Crippen LogP contribution in [-0.2, 0) is 12.8 Å². The van der Waals surface area contributed by atoms with E-state index in [0.717, 1.165) is 19.4 Å². The van der Waals surface area contributed by atoms with Crippen molar-refractivity contribution in [3.05, 3.63) is 55.1 Å². The van der Waals surface area contributed by atoms with Crippen molar-refractivity contribution in [3.63, 3.8) is 0 Å². The van der Waals surface area contributed by atoms with Gasteiger partial charge in [0.05, 0.1) is 0 Å². The standard InChI is InChI=1S/C15H17Br2NS/c1-2-18-13(9-14-8-12(16)10-19-14)7-11-5-3-4-6-15(11)17/h3-6,8,10,13,18H,2,7,9H2,1H3. The molecule has 0 aliphatic heterocycles. The van der Waals surface area contributed by atoms with E-state index in [0.29, 0.717) is 6.04 Å². The van der Waals surface area contributed by atoms with Crippen LogP contribution in [0.25, 0.3) is 0 Å². The molecule has 1 aromatic heterocycles. The maximum atomic E-state index is 3.63. The molecule has 0 aliphatic rings. The molecule has 1 N–H and O–H groups in total. The zero-order valence-corrected chi connectivity index (χ0v) is 14.8. The van der Waals surface area contributed by atoms with E-state index >= 15 is 0 Å². The summed E-state index contributed by atoms with van der Waals surface area (Å²) in [6, 6.07) is 11.2. The van der Waals surface area contributed by atoms with Gasteiger partial charge in [-0.25, -0.2) is 0 Å². The Balaban J connectivity index is 2.06. The van der Waals surface area contributed by atoms with Crippen LogP contribution in [0.3, 0.4) is 0 Å². The van der Waals surface area contributed by atoms with Crippen LogP contribution in [0.5, 0.6) is 0 Å². The van der Waals surface area contributed by atoms with Gasteiger partial charge in [-0.15, -0.1) is 11.3 Å². The molecule has 1 atom stereocenters. The van der Waals surface area contributed by atoms with Crippen LogP contribution in [-0.4, -0.2) is 12.6 Å². The van der Waals surface area contributed by atoms with Crippen molar-refractivity contribution in [2.45, 2.75) is 25.8 Å². The Labute approximate surface area is 135 Å².